The highest BCUT2D eigenvalue weighted by atomic mass is 19.4. The summed E-state index contributed by atoms with van der Waals surface area (Å²) in [7, 11) is 0. The molecule has 1 amide bonds. The molecule has 1 fully saturated rings. The molecule has 1 saturated heterocycles. The van der Waals surface area contributed by atoms with Crippen molar-refractivity contribution in [2.75, 3.05) is 6.54 Å². The van der Waals surface area contributed by atoms with E-state index in [1.54, 1.807) is 0 Å². The quantitative estimate of drug-likeness (QED) is 0.833. The Labute approximate surface area is 103 Å². The van der Waals surface area contributed by atoms with Crippen LogP contribution in [0, 0.1) is 5.41 Å². The van der Waals surface area contributed by atoms with Gasteiger partial charge in [-0.15, -0.1) is 0 Å². The summed E-state index contributed by atoms with van der Waals surface area (Å²) in [6.07, 6.45) is -3.58. The van der Waals surface area contributed by atoms with Gasteiger partial charge in [0, 0.05) is 12.6 Å². The zero-order valence-corrected chi connectivity index (χ0v) is 10.3. The van der Waals surface area contributed by atoms with Gasteiger partial charge in [-0.2, -0.15) is 13.2 Å². The fourth-order valence-corrected chi connectivity index (χ4v) is 2.23. The predicted molar refractivity (Wildman–Crippen MR) is 56.8 cm³/mol. The monoisotopic (exact) mass is 267 g/mol. The first-order chi connectivity index (χ1) is 8.08. The van der Waals surface area contributed by atoms with E-state index in [0.717, 1.165) is 0 Å². The predicted octanol–water partition coefficient (Wildman–Crippen LogP) is 2.04. The first-order valence-electron chi connectivity index (χ1n) is 5.69. The molecule has 7 heteroatoms. The van der Waals surface area contributed by atoms with Crippen molar-refractivity contribution in [3.05, 3.63) is 0 Å². The molecule has 0 spiro atoms. The number of carboxylic acids is 1. The Morgan fingerprint density at radius 1 is 1.22 bits per heavy atom. The number of carboxylic acid groups (broad SMARTS) is 1. The smallest absolute Gasteiger partial charge is 0.471 e. The number of carbonyl (C=O) groups excluding carboxylic acids is 1. The highest BCUT2D eigenvalue weighted by Crippen LogP contribution is 2.35. The second kappa shape index (κ2) is 4.78. The third-order valence-corrected chi connectivity index (χ3v) is 3.39. The Balaban J connectivity index is 3.01. The number of alkyl halides is 3. The molecule has 0 radical (unpaired) electrons. The molecule has 1 rings (SSSR count). The molecule has 104 valence electrons. The Bertz CT molecular complexity index is 352. The van der Waals surface area contributed by atoms with Crippen molar-refractivity contribution < 1.29 is 27.9 Å². The lowest BCUT2D eigenvalue weighted by Gasteiger charge is -2.42. The van der Waals surface area contributed by atoms with Crippen molar-refractivity contribution in [1.82, 2.24) is 4.90 Å². The fraction of sp³-hybridized carbons (Fsp3) is 0.818. The van der Waals surface area contributed by atoms with Gasteiger partial charge in [-0.1, -0.05) is 0 Å². The van der Waals surface area contributed by atoms with Crippen LogP contribution in [0.1, 0.15) is 33.1 Å². The summed E-state index contributed by atoms with van der Waals surface area (Å²) < 4.78 is 37.4. The molecule has 0 saturated carbocycles. The number of likely N-dealkylation sites (tertiary alicyclic amines) is 1. The number of piperidine rings is 1. The molecule has 1 aliphatic rings. The largest absolute Gasteiger partial charge is 0.481 e. The van der Waals surface area contributed by atoms with E-state index in [2.05, 4.69) is 0 Å². The lowest BCUT2D eigenvalue weighted by molar-refractivity contribution is -0.193. The molecule has 1 N–H and O–H groups in total. The van der Waals surface area contributed by atoms with Gasteiger partial charge in [0.15, 0.2) is 0 Å². The molecule has 0 bridgehead atoms. The number of carbonyl (C=O) groups is 2. The number of halogens is 3. The molecule has 1 heterocycles. The van der Waals surface area contributed by atoms with Crippen LogP contribution in [0.15, 0.2) is 0 Å². The summed E-state index contributed by atoms with van der Waals surface area (Å²) in [5.74, 6) is -3.14. The van der Waals surface area contributed by atoms with Crippen molar-refractivity contribution in [1.29, 1.82) is 0 Å². The second-order valence-electron chi connectivity index (χ2n) is 5.03. The maximum absolute atomic E-state index is 12.5. The minimum atomic E-state index is -4.95. The van der Waals surface area contributed by atoms with Gasteiger partial charge in [-0.05, 0) is 33.1 Å². The van der Waals surface area contributed by atoms with Crippen LogP contribution in [0.4, 0.5) is 13.2 Å². The summed E-state index contributed by atoms with van der Waals surface area (Å²) in [6.45, 7) is 2.66. The van der Waals surface area contributed by atoms with Crippen molar-refractivity contribution in [2.24, 2.45) is 5.41 Å². The zero-order valence-electron chi connectivity index (χ0n) is 10.3. The van der Waals surface area contributed by atoms with Crippen molar-refractivity contribution in [3.8, 4) is 0 Å². The average molecular weight is 267 g/mol. The van der Waals surface area contributed by atoms with Crippen LogP contribution in [0.3, 0.4) is 0 Å². The lowest BCUT2D eigenvalue weighted by atomic mass is 9.79. The molecule has 18 heavy (non-hydrogen) atoms. The normalized spacial score (nSPS) is 21.8. The first-order valence-corrected chi connectivity index (χ1v) is 5.69. The third-order valence-electron chi connectivity index (χ3n) is 3.39. The van der Waals surface area contributed by atoms with Gasteiger partial charge in [0.1, 0.15) is 0 Å². The molecule has 0 aliphatic carbocycles. The number of hydrogen-bond acceptors (Lipinski definition) is 2. The Hall–Kier alpha value is -1.27. The van der Waals surface area contributed by atoms with Crippen LogP contribution in [0.25, 0.3) is 0 Å². The molecule has 1 aliphatic heterocycles. The maximum Gasteiger partial charge on any atom is 0.471 e. The highest BCUT2D eigenvalue weighted by Gasteiger charge is 2.50. The summed E-state index contributed by atoms with van der Waals surface area (Å²) in [5.41, 5.74) is -1.39. The topological polar surface area (TPSA) is 57.6 Å². The number of hydrogen-bond donors (Lipinski definition) is 1. The van der Waals surface area contributed by atoms with Crippen molar-refractivity contribution in [2.45, 2.75) is 45.3 Å². The maximum atomic E-state index is 12.5. The van der Waals surface area contributed by atoms with Crippen LogP contribution in [-0.2, 0) is 9.59 Å². The van der Waals surface area contributed by atoms with Gasteiger partial charge in [0.2, 0.25) is 0 Å². The average Bonchev–Trinajstić information content (AvgIpc) is 2.26. The summed E-state index contributed by atoms with van der Waals surface area (Å²) in [5, 5.41) is 9.08. The summed E-state index contributed by atoms with van der Waals surface area (Å²) in [6, 6.07) is -0.919. The second-order valence-corrected chi connectivity index (χ2v) is 5.03. The van der Waals surface area contributed by atoms with E-state index in [-0.39, 0.29) is 13.0 Å². The van der Waals surface area contributed by atoms with E-state index in [4.69, 9.17) is 5.11 Å². The standard InChI is InChI=1S/C11H16F3NO3/c1-10(2,9(17)18)7-5-3-4-6-15(7)8(16)11(12,13)14/h7H,3-6H2,1-2H3,(H,17,18). The van der Waals surface area contributed by atoms with Gasteiger partial charge in [-0.25, -0.2) is 0 Å². The molecule has 0 aromatic rings. The summed E-state index contributed by atoms with van der Waals surface area (Å²) in [4.78, 5) is 23.1. The highest BCUT2D eigenvalue weighted by molar-refractivity contribution is 5.83. The minimum Gasteiger partial charge on any atom is -0.481 e. The molecule has 0 aromatic carbocycles. The number of nitrogens with zero attached hydrogens (tertiary/aromatic N) is 1. The molecular formula is C11H16F3NO3. The van der Waals surface area contributed by atoms with E-state index in [1.807, 2.05) is 0 Å². The Morgan fingerprint density at radius 3 is 2.22 bits per heavy atom. The minimum absolute atomic E-state index is 0.0419. The Morgan fingerprint density at radius 2 is 1.78 bits per heavy atom. The van der Waals surface area contributed by atoms with E-state index in [9.17, 15) is 22.8 Å². The van der Waals surface area contributed by atoms with Gasteiger partial charge < -0.3 is 10.0 Å². The summed E-state index contributed by atoms with van der Waals surface area (Å²) >= 11 is 0. The number of amides is 1. The van der Waals surface area contributed by atoms with Crippen molar-refractivity contribution in [3.63, 3.8) is 0 Å². The molecule has 1 unspecified atom stereocenters. The third kappa shape index (κ3) is 2.76. The van der Waals surface area contributed by atoms with Crippen LogP contribution in [-0.4, -0.2) is 40.6 Å². The van der Waals surface area contributed by atoms with Crippen LogP contribution >= 0.6 is 0 Å². The van der Waals surface area contributed by atoms with Crippen LogP contribution < -0.4 is 0 Å². The van der Waals surface area contributed by atoms with Gasteiger partial charge in [0.25, 0.3) is 0 Å². The molecular weight excluding hydrogens is 251 g/mol. The molecule has 0 aromatic heterocycles. The van der Waals surface area contributed by atoms with Crippen molar-refractivity contribution >= 4 is 11.9 Å². The first kappa shape index (κ1) is 14.8. The van der Waals surface area contributed by atoms with Crippen LogP contribution in [0.2, 0.25) is 0 Å². The Kier molecular flexibility index (Phi) is 3.92. The number of rotatable bonds is 2. The molecule has 4 nitrogen and oxygen atoms in total. The van der Waals surface area contributed by atoms with Gasteiger partial charge in [-0.3, -0.25) is 9.59 Å². The zero-order chi connectivity index (χ0) is 14.1. The van der Waals surface area contributed by atoms with E-state index in [0.29, 0.717) is 17.7 Å². The van der Waals surface area contributed by atoms with Crippen LogP contribution in [0.5, 0.6) is 0 Å². The van der Waals surface area contributed by atoms with E-state index in [1.165, 1.54) is 13.8 Å². The number of aliphatic carboxylic acids is 1. The fourth-order valence-electron chi connectivity index (χ4n) is 2.23. The van der Waals surface area contributed by atoms with E-state index >= 15 is 0 Å². The van der Waals surface area contributed by atoms with Gasteiger partial charge in [0.05, 0.1) is 5.41 Å². The SMILES string of the molecule is CC(C)(C(=O)O)C1CCCCN1C(=O)C(F)(F)F. The molecule has 1 atom stereocenters. The van der Waals surface area contributed by atoms with E-state index < -0.39 is 29.5 Å². The van der Waals surface area contributed by atoms with Gasteiger partial charge >= 0.3 is 18.1 Å². The lowest BCUT2D eigenvalue weighted by Crippen LogP contribution is -2.56.